The molecule has 0 amide bonds. The highest BCUT2D eigenvalue weighted by atomic mass is 31.1. The van der Waals surface area contributed by atoms with Crippen LogP contribution < -0.4 is 0 Å². The van der Waals surface area contributed by atoms with Crippen molar-refractivity contribution in [2.45, 2.75) is 19.8 Å². The number of aliphatic hydroxyl groups is 2. The highest BCUT2D eigenvalue weighted by Gasteiger charge is 2.21. The van der Waals surface area contributed by atoms with Crippen molar-refractivity contribution in [3.8, 4) is 5.75 Å². The van der Waals surface area contributed by atoms with E-state index in [2.05, 4.69) is 9.51 Å². The fourth-order valence-corrected chi connectivity index (χ4v) is 1.52. The van der Waals surface area contributed by atoms with E-state index in [0.29, 0.717) is 0 Å². The highest BCUT2D eigenvalue weighted by Crippen LogP contribution is 2.35. The molecule has 90 valence electrons. The molecule has 0 fully saturated rings. The van der Waals surface area contributed by atoms with Crippen LogP contribution in [0, 0.1) is 6.92 Å². The Morgan fingerprint density at radius 2 is 2.25 bits per heavy atom. The number of aromatic hydroxyl groups is 1. The minimum atomic E-state index is -3.35. The Kier molecular flexibility index (Phi) is 4.40. The van der Waals surface area contributed by atoms with Crippen molar-refractivity contribution in [2.24, 2.45) is 0 Å². The van der Waals surface area contributed by atoms with Gasteiger partial charge in [0.05, 0.1) is 17.9 Å². The molecule has 0 aliphatic heterocycles. The molecule has 1 aromatic heterocycles. The molecule has 0 aliphatic carbocycles. The van der Waals surface area contributed by atoms with Gasteiger partial charge < -0.3 is 20.2 Å². The molecule has 1 rings (SSSR count). The topological polar surface area (TPSA) is 120 Å². The molecule has 0 bridgehead atoms. The summed E-state index contributed by atoms with van der Waals surface area (Å²) in [6.45, 7) is 0.998. The lowest BCUT2D eigenvalue weighted by atomic mass is 10.1. The third-order valence-corrected chi connectivity index (χ3v) is 2.41. The van der Waals surface area contributed by atoms with Crippen molar-refractivity contribution in [1.82, 2.24) is 4.98 Å². The fourth-order valence-electron chi connectivity index (χ4n) is 1.21. The Hall–Kier alpha value is -0.980. The van der Waals surface area contributed by atoms with E-state index in [0.717, 1.165) is 0 Å². The van der Waals surface area contributed by atoms with Gasteiger partial charge in [0.1, 0.15) is 5.75 Å². The van der Waals surface area contributed by atoms with Crippen molar-refractivity contribution in [2.75, 3.05) is 0 Å². The van der Waals surface area contributed by atoms with Gasteiger partial charge in [-0.2, -0.15) is 0 Å². The van der Waals surface area contributed by atoms with E-state index in [-0.39, 0.29) is 22.6 Å². The maximum Gasteiger partial charge on any atom is 0.319 e. The molecule has 0 spiro atoms. The molecule has 0 saturated carbocycles. The molecule has 0 aliphatic rings. The molecule has 0 saturated heterocycles. The maximum atomic E-state index is 10.4. The second-order valence-corrected chi connectivity index (χ2v) is 3.79. The normalized spacial score (nSPS) is 14.8. The van der Waals surface area contributed by atoms with E-state index in [9.17, 15) is 14.8 Å². The summed E-state index contributed by atoms with van der Waals surface area (Å²) in [4.78, 5) is 12.3. The molecule has 7 nitrogen and oxygen atoms in total. The number of hydrogen-bond donors (Lipinski definition) is 4. The number of nitrogens with zero attached hydrogens (tertiary/aromatic N) is 1. The van der Waals surface area contributed by atoms with Crippen molar-refractivity contribution in [1.29, 1.82) is 0 Å². The van der Waals surface area contributed by atoms with Gasteiger partial charge in [0.25, 0.3) is 0 Å². The lowest BCUT2D eigenvalue weighted by molar-refractivity contribution is -0.0238. The van der Waals surface area contributed by atoms with Gasteiger partial charge >= 0.3 is 8.25 Å². The van der Waals surface area contributed by atoms with E-state index < -0.39 is 21.2 Å². The van der Waals surface area contributed by atoms with Gasteiger partial charge in [-0.15, -0.1) is 0 Å². The predicted molar refractivity (Wildman–Crippen MR) is 53.8 cm³/mol. The van der Waals surface area contributed by atoms with E-state index in [1.807, 2.05) is 0 Å². The lowest BCUT2D eigenvalue weighted by Gasteiger charge is -2.15. The van der Waals surface area contributed by atoms with Crippen LogP contribution in [0.4, 0.5) is 0 Å². The standard InChI is InChI=1S/C8H12NO6P/c1-4-7(11)6(5(3-10)2-9-4)8(12)15-16(13)14/h2,8,10-12,16H,3H2,1H3,(H,13,14). The molecular formula is C8H12NO6P. The first-order valence-corrected chi connectivity index (χ1v) is 5.59. The smallest absolute Gasteiger partial charge is 0.319 e. The van der Waals surface area contributed by atoms with Crippen LogP contribution in [-0.2, 0) is 15.7 Å². The summed E-state index contributed by atoms with van der Waals surface area (Å²) < 4.78 is 14.7. The average Bonchev–Trinajstić information content (AvgIpc) is 2.20. The summed E-state index contributed by atoms with van der Waals surface area (Å²) in [5.74, 6) is -0.373. The number of hydrogen-bond acceptors (Lipinski definition) is 6. The van der Waals surface area contributed by atoms with E-state index in [1.54, 1.807) is 0 Å². The lowest BCUT2D eigenvalue weighted by Crippen LogP contribution is -2.06. The van der Waals surface area contributed by atoms with E-state index in [4.69, 9.17) is 10.00 Å². The number of aromatic nitrogens is 1. The van der Waals surface area contributed by atoms with Crippen molar-refractivity contribution < 1.29 is 29.3 Å². The van der Waals surface area contributed by atoms with Crippen molar-refractivity contribution in [3.63, 3.8) is 0 Å². The molecule has 8 heteroatoms. The van der Waals surface area contributed by atoms with Crippen LogP contribution in [-0.4, -0.2) is 25.2 Å². The summed E-state index contributed by atoms with van der Waals surface area (Å²) in [5, 5.41) is 28.0. The molecule has 16 heavy (non-hydrogen) atoms. The van der Waals surface area contributed by atoms with Gasteiger partial charge in [-0.3, -0.25) is 14.1 Å². The van der Waals surface area contributed by atoms with Crippen LogP contribution in [0.2, 0.25) is 0 Å². The Bertz CT molecular complexity index is 410. The Labute approximate surface area is 91.9 Å². The largest absolute Gasteiger partial charge is 0.506 e. The zero-order chi connectivity index (χ0) is 12.3. The number of rotatable bonds is 4. The molecule has 1 heterocycles. The van der Waals surface area contributed by atoms with Crippen LogP contribution in [0.1, 0.15) is 23.1 Å². The zero-order valence-electron chi connectivity index (χ0n) is 8.41. The molecule has 2 atom stereocenters. The SMILES string of the molecule is Cc1ncc(CO)c(C(O)O[PH](=O)O)c1O. The minimum absolute atomic E-state index is 0.124. The van der Waals surface area contributed by atoms with Crippen LogP contribution >= 0.6 is 8.25 Å². The Morgan fingerprint density at radius 3 is 2.75 bits per heavy atom. The van der Waals surface area contributed by atoms with Gasteiger partial charge in [0.2, 0.25) is 0 Å². The molecule has 1 aromatic rings. The number of pyridine rings is 1. The minimum Gasteiger partial charge on any atom is -0.506 e. The molecular weight excluding hydrogens is 237 g/mol. The maximum absolute atomic E-state index is 10.4. The Balaban J connectivity index is 3.18. The van der Waals surface area contributed by atoms with Gasteiger partial charge in [0, 0.05) is 11.8 Å². The molecule has 0 aromatic carbocycles. The number of aryl methyl sites for hydroxylation is 1. The second kappa shape index (κ2) is 5.38. The third kappa shape index (κ3) is 2.78. The van der Waals surface area contributed by atoms with Crippen LogP contribution in [0.5, 0.6) is 5.75 Å². The first-order chi connectivity index (χ1) is 7.47. The van der Waals surface area contributed by atoms with Crippen LogP contribution in [0.15, 0.2) is 6.20 Å². The summed E-state index contributed by atoms with van der Waals surface area (Å²) in [6, 6.07) is 0. The summed E-state index contributed by atoms with van der Waals surface area (Å²) in [6.07, 6.45) is -0.536. The third-order valence-electron chi connectivity index (χ3n) is 1.99. The Morgan fingerprint density at radius 1 is 1.62 bits per heavy atom. The average molecular weight is 249 g/mol. The van der Waals surface area contributed by atoms with Gasteiger partial charge in [-0.1, -0.05) is 0 Å². The van der Waals surface area contributed by atoms with E-state index in [1.165, 1.54) is 13.1 Å². The summed E-state index contributed by atoms with van der Waals surface area (Å²) in [5.41, 5.74) is 0.189. The number of aliphatic hydroxyl groups excluding tert-OH is 2. The summed E-state index contributed by atoms with van der Waals surface area (Å²) >= 11 is 0. The van der Waals surface area contributed by atoms with Gasteiger partial charge in [0.15, 0.2) is 6.29 Å². The first kappa shape index (κ1) is 13.1. The van der Waals surface area contributed by atoms with Gasteiger partial charge in [-0.25, -0.2) is 0 Å². The van der Waals surface area contributed by atoms with Gasteiger partial charge in [-0.05, 0) is 6.92 Å². The predicted octanol–water partition coefficient (Wildman–Crippen LogP) is -0.0226. The molecule has 0 radical (unpaired) electrons. The zero-order valence-corrected chi connectivity index (χ0v) is 9.41. The molecule has 4 N–H and O–H groups in total. The highest BCUT2D eigenvalue weighted by molar-refractivity contribution is 7.32. The first-order valence-electron chi connectivity index (χ1n) is 4.33. The van der Waals surface area contributed by atoms with Crippen LogP contribution in [0.3, 0.4) is 0 Å². The van der Waals surface area contributed by atoms with Crippen molar-refractivity contribution >= 4 is 8.25 Å². The quantitative estimate of drug-likeness (QED) is 0.437. The van der Waals surface area contributed by atoms with E-state index >= 15 is 0 Å². The van der Waals surface area contributed by atoms with Crippen LogP contribution in [0.25, 0.3) is 0 Å². The fraction of sp³-hybridized carbons (Fsp3) is 0.375. The monoisotopic (exact) mass is 249 g/mol. The summed E-state index contributed by atoms with van der Waals surface area (Å²) in [7, 11) is -3.35. The molecule has 2 unspecified atom stereocenters. The second-order valence-electron chi connectivity index (χ2n) is 3.03. The van der Waals surface area contributed by atoms with Crippen molar-refractivity contribution in [3.05, 3.63) is 23.0 Å².